The minimum absolute atomic E-state index is 0.0405. The lowest BCUT2D eigenvalue weighted by molar-refractivity contribution is -0.142. The number of amides is 1. The van der Waals surface area contributed by atoms with E-state index in [1.165, 1.54) is 12.1 Å². The first kappa shape index (κ1) is 26.6. The van der Waals surface area contributed by atoms with Gasteiger partial charge in [0.25, 0.3) is 0 Å². The number of esters is 1. The molecule has 1 atom stereocenters. The highest BCUT2D eigenvalue weighted by molar-refractivity contribution is 14.1. The molecule has 10 heteroatoms. The molecule has 8 nitrogen and oxygen atoms in total. The van der Waals surface area contributed by atoms with E-state index >= 15 is 0 Å². The number of carbonyl (C=O) groups is 2. The minimum atomic E-state index is -3.99. The maximum Gasteiger partial charge on any atom is 0.310 e. The van der Waals surface area contributed by atoms with Gasteiger partial charge in [0.05, 0.1) is 17.9 Å². The Morgan fingerprint density at radius 1 is 0.943 bits per heavy atom. The topological polar surface area (TPSA) is 111 Å². The first-order chi connectivity index (χ1) is 16.8. The molecule has 184 valence electrons. The van der Waals surface area contributed by atoms with E-state index in [1.807, 2.05) is 6.07 Å². The molecule has 0 spiro atoms. The Morgan fingerprint density at radius 3 is 2.23 bits per heavy atom. The Hall–Kier alpha value is -2.96. The van der Waals surface area contributed by atoms with Crippen molar-refractivity contribution < 1.29 is 27.5 Å². The standard InChI is InChI=1S/C25H25IN2O6S/c1-2-33-24(29)16-18-8-12-20(13-9-18)27-25(30)23(17-34-21-6-4-3-5-7-21)28-35(31,32)22-14-10-19(26)11-15-22/h3-15,23,28H,2,16-17H2,1H3,(H,27,30)/t23-/m0/s1. The van der Waals surface area contributed by atoms with E-state index in [9.17, 15) is 18.0 Å². The van der Waals surface area contributed by atoms with Crippen molar-refractivity contribution in [3.05, 3.63) is 88.0 Å². The summed E-state index contributed by atoms with van der Waals surface area (Å²) in [7, 11) is -3.99. The van der Waals surface area contributed by atoms with Gasteiger partial charge in [0, 0.05) is 9.26 Å². The molecule has 0 aliphatic rings. The molecule has 1 amide bonds. The molecule has 0 fully saturated rings. The third kappa shape index (κ3) is 8.34. The average molecular weight is 608 g/mol. The number of hydrogen-bond acceptors (Lipinski definition) is 6. The summed E-state index contributed by atoms with van der Waals surface area (Å²) in [6.45, 7) is 1.82. The number of hydrogen-bond donors (Lipinski definition) is 2. The van der Waals surface area contributed by atoms with Gasteiger partial charge < -0.3 is 14.8 Å². The quantitative estimate of drug-likeness (QED) is 0.254. The third-order valence-electron chi connectivity index (χ3n) is 4.77. The zero-order valence-corrected chi connectivity index (χ0v) is 21.9. The largest absolute Gasteiger partial charge is 0.491 e. The van der Waals surface area contributed by atoms with Gasteiger partial charge in [0.15, 0.2) is 0 Å². The lowest BCUT2D eigenvalue weighted by Gasteiger charge is -2.19. The van der Waals surface area contributed by atoms with Crippen molar-refractivity contribution >= 4 is 50.2 Å². The molecule has 0 bridgehead atoms. The van der Waals surface area contributed by atoms with Crippen LogP contribution < -0.4 is 14.8 Å². The molecule has 35 heavy (non-hydrogen) atoms. The summed E-state index contributed by atoms with van der Waals surface area (Å²) in [4.78, 5) is 24.7. The number of ether oxygens (including phenoxy) is 2. The van der Waals surface area contributed by atoms with Crippen molar-refractivity contribution in [3.8, 4) is 5.75 Å². The highest BCUT2D eigenvalue weighted by atomic mass is 127. The molecular weight excluding hydrogens is 583 g/mol. The van der Waals surface area contributed by atoms with E-state index in [0.717, 1.165) is 9.13 Å². The average Bonchev–Trinajstić information content (AvgIpc) is 2.84. The Kier molecular flexibility index (Phi) is 9.64. The van der Waals surface area contributed by atoms with Crippen LogP contribution in [-0.4, -0.2) is 39.5 Å². The summed E-state index contributed by atoms with van der Waals surface area (Å²) in [6, 6.07) is 20.5. The fourth-order valence-electron chi connectivity index (χ4n) is 3.04. The second-order valence-corrected chi connectivity index (χ2v) is 10.4. The van der Waals surface area contributed by atoms with Crippen LogP contribution in [0.2, 0.25) is 0 Å². The van der Waals surface area contributed by atoms with Crippen LogP contribution in [-0.2, 0) is 30.8 Å². The van der Waals surface area contributed by atoms with Gasteiger partial charge in [-0.3, -0.25) is 9.59 Å². The van der Waals surface area contributed by atoms with Crippen LogP contribution in [0.15, 0.2) is 83.8 Å². The van der Waals surface area contributed by atoms with Crippen LogP contribution in [0.5, 0.6) is 5.75 Å². The van der Waals surface area contributed by atoms with Gasteiger partial charge in [-0.05, 0) is 83.6 Å². The summed E-state index contributed by atoms with van der Waals surface area (Å²) in [5.74, 6) is -0.428. The summed E-state index contributed by atoms with van der Waals surface area (Å²) in [5, 5.41) is 2.70. The Balaban J connectivity index is 1.74. The highest BCUT2D eigenvalue weighted by Crippen LogP contribution is 2.15. The molecular formula is C25H25IN2O6S. The van der Waals surface area contributed by atoms with Gasteiger partial charge in [-0.2, -0.15) is 4.72 Å². The first-order valence-electron chi connectivity index (χ1n) is 10.8. The van der Waals surface area contributed by atoms with Gasteiger partial charge in [-0.15, -0.1) is 0 Å². The van der Waals surface area contributed by atoms with Crippen LogP contribution in [0, 0.1) is 3.57 Å². The summed E-state index contributed by atoms with van der Waals surface area (Å²) < 4.78 is 39.8. The van der Waals surface area contributed by atoms with E-state index in [4.69, 9.17) is 9.47 Å². The van der Waals surface area contributed by atoms with Crippen molar-refractivity contribution in [1.29, 1.82) is 0 Å². The van der Waals surface area contributed by atoms with Gasteiger partial charge in [0.2, 0.25) is 15.9 Å². The van der Waals surface area contributed by atoms with Gasteiger partial charge >= 0.3 is 5.97 Å². The molecule has 0 saturated carbocycles. The van der Waals surface area contributed by atoms with Crippen LogP contribution in [0.4, 0.5) is 5.69 Å². The number of anilines is 1. The van der Waals surface area contributed by atoms with Crippen LogP contribution >= 0.6 is 22.6 Å². The fraction of sp³-hybridized carbons (Fsp3) is 0.200. The van der Waals surface area contributed by atoms with Crippen LogP contribution in [0.25, 0.3) is 0 Å². The predicted molar refractivity (Wildman–Crippen MR) is 141 cm³/mol. The summed E-state index contributed by atoms with van der Waals surface area (Å²) in [5.41, 5.74) is 1.17. The van der Waals surface area contributed by atoms with E-state index in [1.54, 1.807) is 67.6 Å². The van der Waals surface area contributed by atoms with Crippen molar-refractivity contribution in [2.24, 2.45) is 0 Å². The zero-order chi connectivity index (χ0) is 25.3. The van der Waals surface area contributed by atoms with Gasteiger partial charge in [-0.1, -0.05) is 30.3 Å². The van der Waals surface area contributed by atoms with Gasteiger partial charge in [0.1, 0.15) is 18.4 Å². The summed E-state index contributed by atoms with van der Waals surface area (Å²) >= 11 is 2.08. The molecule has 3 rings (SSSR count). The smallest absolute Gasteiger partial charge is 0.310 e. The molecule has 0 heterocycles. The van der Waals surface area contributed by atoms with E-state index < -0.39 is 22.0 Å². The molecule has 0 aliphatic carbocycles. The maximum atomic E-state index is 13.1. The van der Waals surface area contributed by atoms with Crippen molar-refractivity contribution in [2.75, 3.05) is 18.5 Å². The number of benzene rings is 3. The lowest BCUT2D eigenvalue weighted by atomic mass is 10.1. The number of para-hydroxylation sites is 1. The normalized spacial score (nSPS) is 11.9. The van der Waals surface area contributed by atoms with E-state index in [-0.39, 0.29) is 23.9 Å². The fourth-order valence-corrected chi connectivity index (χ4v) is 4.58. The molecule has 2 N–H and O–H groups in total. The number of rotatable bonds is 11. The monoisotopic (exact) mass is 608 g/mol. The molecule has 0 aliphatic heterocycles. The number of sulfonamides is 1. The predicted octanol–water partition coefficient (Wildman–Crippen LogP) is 3.76. The Bertz CT molecular complexity index is 1230. The molecule has 0 radical (unpaired) electrons. The zero-order valence-electron chi connectivity index (χ0n) is 18.9. The van der Waals surface area contributed by atoms with E-state index in [2.05, 4.69) is 32.6 Å². The van der Waals surface area contributed by atoms with E-state index in [0.29, 0.717) is 18.0 Å². The third-order valence-corrected chi connectivity index (χ3v) is 6.98. The number of carbonyl (C=O) groups excluding carboxylic acids is 2. The van der Waals surface area contributed by atoms with Crippen molar-refractivity contribution in [3.63, 3.8) is 0 Å². The second kappa shape index (κ2) is 12.7. The summed E-state index contributed by atoms with van der Waals surface area (Å²) in [6.07, 6.45) is 0.116. The van der Waals surface area contributed by atoms with Crippen molar-refractivity contribution in [2.45, 2.75) is 24.3 Å². The highest BCUT2D eigenvalue weighted by Gasteiger charge is 2.27. The molecule has 3 aromatic rings. The SMILES string of the molecule is CCOC(=O)Cc1ccc(NC(=O)[C@H](COc2ccccc2)NS(=O)(=O)c2ccc(I)cc2)cc1. The van der Waals surface area contributed by atoms with Crippen LogP contribution in [0.1, 0.15) is 12.5 Å². The van der Waals surface area contributed by atoms with Gasteiger partial charge in [-0.25, -0.2) is 8.42 Å². The van der Waals surface area contributed by atoms with Crippen molar-refractivity contribution in [1.82, 2.24) is 4.72 Å². The van der Waals surface area contributed by atoms with Crippen LogP contribution in [0.3, 0.4) is 0 Å². The Labute approximate surface area is 218 Å². The number of nitrogens with one attached hydrogen (secondary N) is 2. The maximum absolute atomic E-state index is 13.1. The molecule has 0 unspecified atom stereocenters. The molecule has 0 aromatic heterocycles. The minimum Gasteiger partial charge on any atom is -0.491 e. The lowest BCUT2D eigenvalue weighted by Crippen LogP contribution is -2.47. The second-order valence-electron chi connectivity index (χ2n) is 7.42. The molecule has 3 aromatic carbocycles. The molecule has 0 saturated heterocycles. The number of halogens is 1. The first-order valence-corrected chi connectivity index (χ1v) is 13.3. The Morgan fingerprint density at radius 2 is 1.60 bits per heavy atom.